The molecule has 2 aliphatic rings. The second kappa shape index (κ2) is 15.9. The number of benzene rings is 7. The zero-order valence-corrected chi connectivity index (χ0v) is 37.0. The molecule has 0 spiro atoms. The lowest BCUT2D eigenvalue weighted by Gasteiger charge is -2.23. The molecule has 6 nitrogen and oxygen atoms in total. The first-order chi connectivity index (χ1) is 30.2. The SMILES string of the molecule is Cc1ccc(-c2ccc3c(c2)C(=O)N(c2ccc(-c4ccc(-c5ccc(N6C(=O)c7ccc(-c8ccc(C)cc8)cc7C6=O)c(C(C)C)c5)c(C(C)C)c4)cc2C(C)C)C3=O)cc1. The monoisotopic (exact) mass is 826 g/mol. The molecule has 0 radical (unpaired) electrons. The molecule has 0 fully saturated rings. The number of fused-ring (bicyclic) bond motifs is 2. The minimum absolute atomic E-state index is 0.0273. The number of nitrogens with zero attached hydrogens (tertiary/aromatic N) is 2. The number of hydrogen-bond acceptors (Lipinski definition) is 4. The molecule has 0 aromatic heterocycles. The second-order valence-electron chi connectivity index (χ2n) is 18.0. The van der Waals surface area contributed by atoms with Crippen LogP contribution in [0.15, 0.2) is 140 Å². The highest BCUT2D eigenvalue weighted by molar-refractivity contribution is 6.36. The van der Waals surface area contributed by atoms with Crippen LogP contribution in [-0.4, -0.2) is 23.6 Å². The molecule has 0 saturated heterocycles. The Balaban J connectivity index is 1.02. The van der Waals surface area contributed by atoms with E-state index in [-0.39, 0.29) is 41.4 Å². The van der Waals surface area contributed by atoms with Crippen molar-refractivity contribution in [2.24, 2.45) is 0 Å². The van der Waals surface area contributed by atoms with E-state index < -0.39 is 0 Å². The summed E-state index contributed by atoms with van der Waals surface area (Å²) in [5.41, 5.74) is 16.0. The van der Waals surface area contributed by atoms with Crippen LogP contribution in [0.1, 0.15) is 129 Å². The average Bonchev–Trinajstić information content (AvgIpc) is 3.68. The van der Waals surface area contributed by atoms with Crippen LogP contribution in [0.2, 0.25) is 0 Å². The molecule has 312 valence electrons. The fourth-order valence-electron chi connectivity index (χ4n) is 9.04. The summed E-state index contributed by atoms with van der Waals surface area (Å²) in [6, 6.07) is 45.9. The summed E-state index contributed by atoms with van der Waals surface area (Å²) in [6.07, 6.45) is 0. The first-order valence-corrected chi connectivity index (χ1v) is 21.8. The van der Waals surface area contributed by atoms with E-state index in [1.165, 1.54) is 9.80 Å². The molecule has 0 unspecified atom stereocenters. The third-order valence-corrected chi connectivity index (χ3v) is 12.6. The lowest BCUT2D eigenvalue weighted by molar-refractivity contribution is 0.0910. The van der Waals surface area contributed by atoms with Gasteiger partial charge in [-0.15, -0.1) is 0 Å². The number of hydrogen-bond donors (Lipinski definition) is 0. The number of carbonyl (C=O) groups is 4. The summed E-state index contributed by atoms with van der Waals surface area (Å²) in [4.78, 5) is 58.6. The average molecular weight is 827 g/mol. The standard InChI is InChI=1S/C57H50N2O4/c1-32(2)47-27-41(42-20-25-52(48(28-42)33(3)4)58-54(60)45-23-18-39(29-50(45)56(58)62)37-13-9-35(7)10-14-37)17-22-44(47)43-21-26-53(49(31-43)34(5)6)59-55(61)46-24-19-40(30-51(46)57(59)63)38-15-11-36(8)12-16-38/h9-34H,1-8H3. The maximum absolute atomic E-state index is 14.1. The van der Waals surface area contributed by atoms with Gasteiger partial charge < -0.3 is 0 Å². The summed E-state index contributed by atoms with van der Waals surface area (Å²) < 4.78 is 0. The summed E-state index contributed by atoms with van der Waals surface area (Å²) in [5, 5.41) is 0. The first-order valence-electron chi connectivity index (χ1n) is 21.8. The number of aryl methyl sites for hydroxylation is 2. The van der Waals surface area contributed by atoms with Gasteiger partial charge in [-0.05, 0) is 141 Å². The molecule has 0 bridgehead atoms. The zero-order valence-electron chi connectivity index (χ0n) is 37.0. The number of amides is 4. The van der Waals surface area contributed by atoms with Crippen LogP contribution in [-0.2, 0) is 0 Å². The molecule has 63 heavy (non-hydrogen) atoms. The Labute approximate surface area is 369 Å². The molecular weight excluding hydrogens is 777 g/mol. The largest absolute Gasteiger partial charge is 0.268 e. The van der Waals surface area contributed by atoms with Crippen LogP contribution < -0.4 is 9.80 Å². The first kappa shape index (κ1) is 41.2. The molecule has 0 N–H and O–H groups in total. The molecule has 2 aliphatic heterocycles. The number of imide groups is 2. The normalized spacial score (nSPS) is 13.6. The smallest absolute Gasteiger partial charge is 0.266 e. The van der Waals surface area contributed by atoms with Gasteiger partial charge in [0.1, 0.15) is 0 Å². The van der Waals surface area contributed by atoms with Gasteiger partial charge in [0, 0.05) is 0 Å². The fourth-order valence-corrected chi connectivity index (χ4v) is 9.04. The van der Waals surface area contributed by atoms with E-state index >= 15 is 0 Å². The van der Waals surface area contributed by atoms with Gasteiger partial charge in [-0.1, -0.05) is 144 Å². The van der Waals surface area contributed by atoms with Crippen molar-refractivity contribution in [3.8, 4) is 44.5 Å². The van der Waals surface area contributed by atoms with Crippen molar-refractivity contribution in [3.05, 3.63) is 190 Å². The molecule has 0 aliphatic carbocycles. The van der Waals surface area contributed by atoms with Gasteiger partial charge in [0.2, 0.25) is 0 Å². The highest BCUT2D eigenvalue weighted by Gasteiger charge is 2.40. The van der Waals surface area contributed by atoms with E-state index in [0.29, 0.717) is 33.6 Å². The maximum atomic E-state index is 14.1. The van der Waals surface area contributed by atoms with Crippen molar-refractivity contribution in [2.45, 2.75) is 73.1 Å². The lowest BCUT2D eigenvalue weighted by atomic mass is 9.87. The van der Waals surface area contributed by atoms with Crippen molar-refractivity contribution >= 4 is 35.0 Å². The van der Waals surface area contributed by atoms with E-state index in [2.05, 4.69) is 71.9 Å². The topological polar surface area (TPSA) is 74.8 Å². The maximum Gasteiger partial charge on any atom is 0.266 e. The van der Waals surface area contributed by atoms with Crippen molar-refractivity contribution < 1.29 is 19.2 Å². The minimum atomic E-state index is -0.313. The van der Waals surface area contributed by atoms with Crippen LogP contribution in [0.25, 0.3) is 44.5 Å². The van der Waals surface area contributed by atoms with E-state index in [1.54, 1.807) is 12.1 Å². The van der Waals surface area contributed by atoms with Crippen molar-refractivity contribution in [3.63, 3.8) is 0 Å². The second-order valence-corrected chi connectivity index (χ2v) is 18.0. The molecule has 4 amide bonds. The van der Waals surface area contributed by atoms with Gasteiger partial charge >= 0.3 is 0 Å². The molecule has 2 heterocycles. The van der Waals surface area contributed by atoms with E-state index in [9.17, 15) is 19.2 Å². The van der Waals surface area contributed by atoms with Crippen LogP contribution in [0.5, 0.6) is 0 Å². The van der Waals surface area contributed by atoms with Gasteiger partial charge in [-0.25, -0.2) is 9.80 Å². The van der Waals surface area contributed by atoms with Crippen LogP contribution >= 0.6 is 0 Å². The van der Waals surface area contributed by atoms with E-state index in [0.717, 1.165) is 72.3 Å². The Morgan fingerprint density at radius 2 is 0.603 bits per heavy atom. The highest BCUT2D eigenvalue weighted by Crippen LogP contribution is 2.42. The third-order valence-electron chi connectivity index (χ3n) is 12.6. The summed E-state index contributed by atoms with van der Waals surface area (Å²) in [5.74, 6) is -1.02. The van der Waals surface area contributed by atoms with Crippen molar-refractivity contribution in [1.82, 2.24) is 0 Å². The minimum Gasteiger partial charge on any atom is -0.268 e. The van der Waals surface area contributed by atoms with E-state index in [1.807, 2.05) is 111 Å². The van der Waals surface area contributed by atoms with E-state index in [4.69, 9.17) is 0 Å². The number of carbonyl (C=O) groups excluding carboxylic acids is 4. The quantitative estimate of drug-likeness (QED) is 0.136. The predicted octanol–water partition coefficient (Wildman–Crippen LogP) is 13.9. The Hall–Kier alpha value is -7.18. The van der Waals surface area contributed by atoms with Crippen LogP contribution in [0.4, 0.5) is 11.4 Å². The van der Waals surface area contributed by atoms with Crippen molar-refractivity contribution in [1.29, 1.82) is 0 Å². The summed E-state index contributed by atoms with van der Waals surface area (Å²) >= 11 is 0. The lowest BCUT2D eigenvalue weighted by Crippen LogP contribution is -2.30. The zero-order chi connectivity index (χ0) is 44.4. The summed E-state index contributed by atoms with van der Waals surface area (Å²) in [6.45, 7) is 16.8. The van der Waals surface area contributed by atoms with Gasteiger partial charge in [0.25, 0.3) is 23.6 Å². The summed E-state index contributed by atoms with van der Waals surface area (Å²) in [7, 11) is 0. The number of rotatable bonds is 9. The van der Waals surface area contributed by atoms with Gasteiger partial charge in [-0.2, -0.15) is 0 Å². The Morgan fingerprint density at radius 3 is 1.02 bits per heavy atom. The Morgan fingerprint density at radius 1 is 0.302 bits per heavy atom. The van der Waals surface area contributed by atoms with Gasteiger partial charge in [-0.3, -0.25) is 19.2 Å². The van der Waals surface area contributed by atoms with Crippen LogP contribution in [0, 0.1) is 13.8 Å². The molecule has 0 atom stereocenters. The molecule has 6 heteroatoms. The van der Waals surface area contributed by atoms with Gasteiger partial charge in [0.15, 0.2) is 0 Å². The molecular formula is C57H50N2O4. The Kier molecular flexibility index (Phi) is 10.4. The Bertz CT molecular complexity index is 3030. The van der Waals surface area contributed by atoms with Crippen LogP contribution in [0.3, 0.4) is 0 Å². The molecule has 7 aromatic rings. The molecule has 9 rings (SSSR count). The molecule has 0 saturated carbocycles. The highest BCUT2D eigenvalue weighted by atomic mass is 16.2. The molecule has 7 aromatic carbocycles. The van der Waals surface area contributed by atoms with Crippen molar-refractivity contribution in [2.75, 3.05) is 9.80 Å². The predicted molar refractivity (Wildman–Crippen MR) is 255 cm³/mol. The number of anilines is 2. The third kappa shape index (κ3) is 7.19. The van der Waals surface area contributed by atoms with Gasteiger partial charge in [0.05, 0.1) is 33.6 Å². The fraction of sp³-hybridized carbons (Fsp3) is 0.193.